The summed E-state index contributed by atoms with van der Waals surface area (Å²) >= 11 is 13.6. The molecule has 3 amide bonds. The van der Waals surface area contributed by atoms with E-state index in [0.717, 1.165) is 17.7 Å². The number of thiophene rings is 1. The van der Waals surface area contributed by atoms with Gasteiger partial charge in [0.1, 0.15) is 0 Å². The summed E-state index contributed by atoms with van der Waals surface area (Å²) in [4.78, 5) is 28.8. The van der Waals surface area contributed by atoms with E-state index in [1.165, 1.54) is 11.3 Å². The number of rotatable bonds is 4. The van der Waals surface area contributed by atoms with Crippen LogP contribution in [0.25, 0.3) is 0 Å². The van der Waals surface area contributed by atoms with Gasteiger partial charge in [0, 0.05) is 46.6 Å². The minimum Gasteiger partial charge on any atom is -0.393 e. The molecule has 32 heavy (non-hydrogen) atoms. The summed E-state index contributed by atoms with van der Waals surface area (Å²) < 4.78 is 0.689. The molecule has 0 bridgehead atoms. The molecule has 1 aromatic heterocycles. The molecule has 1 saturated heterocycles. The van der Waals surface area contributed by atoms with Crippen LogP contribution < -0.4 is 10.6 Å². The molecular weight excluding hydrogens is 469 g/mol. The van der Waals surface area contributed by atoms with Gasteiger partial charge in [-0.25, -0.2) is 4.79 Å². The highest BCUT2D eigenvalue weighted by molar-refractivity contribution is 7.16. The zero-order valence-corrected chi connectivity index (χ0v) is 19.9. The molecule has 2 atom stereocenters. The van der Waals surface area contributed by atoms with E-state index >= 15 is 0 Å². The quantitative estimate of drug-likeness (QED) is 0.550. The van der Waals surface area contributed by atoms with Crippen molar-refractivity contribution in [3.8, 4) is 0 Å². The summed E-state index contributed by atoms with van der Waals surface area (Å²) in [7, 11) is 0. The summed E-state index contributed by atoms with van der Waals surface area (Å²) in [6, 6.07) is 10.4. The number of aliphatic hydroxyl groups excluding tert-OH is 1. The molecule has 0 unspecified atom stereocenters. The van der Waals surface area contributed by atoms with Gasteiger partial charge in [-0.3, -0.25) is 4.79 Å². The van der Waals surface area contributed by atoms with Gasteiger partial charge in [0.2, 0.25) is 5.91 Å². The molecule has 1 saturated carbocycles. The molecule has 4 rings (SSSR count). The van der Waals surface area contributed by atoms with Crippen LogP contribution in [0.5, 0.6) is 0 Å². The smallest absolute Gasteiger partial charge is 0.319 e. The molecular formula is C23H27Cl2N3O3S. The third-order valence-corrected chi connectivity index (χ3v) is 7.96. The van der Waals surface area contributed by atoms with E-state index in [2.05, 4.69) is 10.6 Å². The van der Waals surface area contributed by atoms with Gasteiger partial charge in [0.15, 0.2) is 0 Å². The standard InChI is InChI=1S/C23H27Cl2N3O3S/c24-15-3-5-16(6-4-15)26-23(31)27-19-11-12-28(13-18(19)20-9-10-21(25)32-20)22(30)14-1-7-17(29)8-2-14/h3-6,9-10,14,17-19,29H,1-2,7-8,11-13H2,(H2,26,27,31)/t14?,17?,18-,19-/m1/s1. The van der Waals surface area contributed by atoms with Crippen LogP contribution >= 0.6 is 34.5 Å². The van der Waals surface area contributed by atoms with Gasteiger partial charge in [-0.05, 0) is 68.5 Å². The molecule has 9 heteroatoms. The van der Waals surface area contributed by atoms with Gasteiger partial charge in [-0.2, -0.15) is 0 Å². The third-order valence-electron chi connectivity index (χ3n) is 6.35. The number of nitrogens with zero attached hydrogens (tertiary/aromatic N) is 1. The Balaban J connectivity index is 1.43. The molecule has 2 aliphatic rings. The minimum atomic E-state index is -0.286. The van der Waals surface area contributed by atoms with Crippen molar-refractivity contribution in [3.05, 3.63) is 50.6 Å². The molecule has 1 aromatic carbocycles. The number of carbonyl (C=O) groups is 2. The molecule has 3 N–H and O–H groups in total. The van der Waals surface area contributed by atoms with Crippen molar-refractivity contribution in [2.24, 2.45) is 5.92 Å². The number of piperidine rings is 1. The summed E-state index contributed by atoms with van der Waals surface area (Å²) in [5, 5.41) is 16.3. The molecule has 0 radical (unpaired) electrons. The fourth-order valence-electron chi connectivity index (χ4n) is 4.59. The van der Waals surface area contributed by atoms with Gasteiger partial charge < -0.3 is 20.6 Å². The Labute approximate surface area is 201 Å². The monoisotopic (exact) mass is 495 g/mol. The Hall–Kier alpha value is -1.80. The maximum Gasteiger partial charge on any atom is 0.319 e. The van der Waals surface area contributed by atoms with Crippen molar-refractivity contribution in [2.75, 3.05) is 18.4 Å². The second-order valence-electron chi connectivity index (χ2n) is 8.54. The van der Waals surface area contributed by atoms with Crippen LogP contribution in [0.4, 0.5) is 10.5 Å². The third kappa shape index (κ3) is 5.76. The summed E-state index contributed by atoms with van der Waals surface area (Å²) in [5.74, 6) is 0.104. The molecule has 2 fully saturated rings. The van der Waals surface area contributed by atoms with E-state index in [4.69, 9.17) is 23.2 Å². The highest BCUT2D eigenvalue weighted by Crippen LogP contribution is 2.36. The van der Waals surface area contributed by atoms with E-state index in [1.54, 1.807) is 24.3 Å². The number of halogens is 2. The van der Waals surface area contributed by atoms with Crippen molar-refractivity contribution < 1.29 is 14.7 Å². The number of nitrogens with one attached hydrogen (secondary N) is 2. The second kappa shape index (κ2) is 10.4. The molecule has 0 spiro atoms. The van der Waals surface area contributed by atoms with E-state index < -0.39 is 0 Å². The van der Waals surface area contributed by atoms with Gasteiger partial charge >= 0.3 is 6.03 Å². The fourth-order valence-corrected chi connectivity index (χ4v) is 5.93. The molecule has 1 aliphatic carbocycles. The number of benzene rings is 1. The molecule has 172 valence electrons. The second-order valence-corrected chi connectivity index (χ2v) is 10.7. The first-order chi connectivity index (χ1) is 15.4. The van der Waals surface area contributed by atoms with Crippen LogP contribution in [0.15, 0.2) is 36.4 Å². The normalized spacial score (nSPS) is 25.9. The number of anilines is 1. The van der Waals surface area contributed by atoms with E-state index in [0.29, 0.717) is 47.4 Å². The SMILES string of the molecule is O=C(Nc1ccc(Cl)cc1)N[C@@H]1CCN(C(=O)C2CCC(O)CC2)C[C@H]1c1ccc(Cl)s1. The van der Waals surface area contributed by atoms with Gasteiger partial charge in [0.05, 0.1) is 10.4 Å². The summed E-state index contributed by atoms with van der Waals surface area (Å²) in [5.41, 5.74) is 0.662. The highest BCUT2D eigenvalue weighted by atomic mass is 35.5. The average molecular weight is 496 g/mol. The lowest BCUT2D eigenvalue weighted by molar-refractivity contribution is -0.138. The maximum atomic E-state index is 13.2. The first-order valence-electron chi connectivity index (χ1n) is 10.9. The Morgan fingerprint density at radius 1 is 1.00 bits per heavy atom. The number of hydrogen-bond acceptors (Lipinski definition) is 4. The van der Waals surface area contributed by atoms with Crippen molar-refractivity contribution in [1.29, 1.82) is 0 Å². The largest absolute Gasteiger partial charge is 0.393 e. The number of carbonyl (C=O) groups excluding carboxylic acids is 2. The van der Waals surface area contributed by atoms with Crippen molar-refractivity contribution in [1.82, 2.24) is 10.2 Å². The Bertz CT molecular complexity index is 944. The Morgan fingerprint density at radius 2 is 1.72 bits per heavy atom. The van der Waals surface area contributed by atoms with Gasteiger partial charge in [-0.1, -0.05) is 23.2 Å². The van der Waals surface area contributed by atoms with Crippen LogP contribution in [0.3, 0.4) is 0 Å². The zero-order valence-electron chi connectivity index (χ0n) is 17.6. The molecule has 2 aromatic rings. The van der Waals surface area contributed by atoms with Crippen LogP contribution in [0.1, 0.15) is 42.9 Å². The predicted molar refractivity (Wildman–Crippen MR) is 129 cm³/mol. The molecule has 2 heterocycles. The maximum absolute atomic E-state index is 13.2. The minimum absolute atomic E-state index is 0.0244. The molecule has 6 nitrogen and oxygen atoms in total. The van der Waals surface area contributed by atoms with E-state index in [1.807, 2.05) is 17.0 Å². The first-order valence-corrected chi connectivity index (χ1v) is 12.5. The average Bonchev–Trinajstić information content (AvgIpc) is 3.22. The number of urea groups is 1. The van der Waals surface area contributed by atoms with E-state index in [-0.39, 0.29) is 35.9 Å². The summed E-state index contributed by atoms with van der Waals surface area (Å²) in [6.45, 7) is 1.14. The van der Waals surface area contributed by atoms with Gasteiger partial charge in [0.25, 0.3) is 0 Å². The number of hydrogen-bond donors (Lipinski definition) is 3. The zero-order chi connectivity index (χ0) is 22.7. The lowest BCUT2D eigenvalue weighted by Gasteiger charge is -2.40. The highest BCUT2D eigenvalue weighted by Gasteiger charge is 2.37. The van der Waals surface area contributed by atoms with Crippen LogP contribution in [0.2, 0.25) is 9.36 Å². The Morgan fingerprint density at radius 3 is 2.38 bits per heavy atom. The number of aliphatic hydroxyl groups is 1. The summed E-state index contributed by atoms with van der Waals surface area (Å²) in [6.07, 6.45) is 3.21. The van der Waals surface area contributed by atoms with Crippen LogP contribution in [-0.2, 0) is 4.79 Å². The van der Waals surface area contributed by atoms with Crippen molar-refractivity contribution in [3.63, 3.8) is 0 Å². The number of amides is 3. The molecule has 1 aliphatic heterocycles. The van der Waals surface area contributed by atoms with Crippen LogP contribution in [-0.4, -0.2) is 47.2 Å². The lowest BCUT2D eigenvalue weighted by atomic mass is 9.84. The van der Waals surface area contributed by atoms with Crippen molar-refractivity contribution in [2.45, 2.75) is 50.2 Å². The topological polar surface area (TPSA) is 81.7 Å². The van der Waals surface area contributed by atoms with E-state index in [9.17, 15) is 14.7 Å². The number of likely N-dealkylation sites (tertiary alicyclic amines) is 1. The van der Waals surface area contributed by atoms with Crippen molar-refractivity contribution >= 4 is 52.2 Å². The fraction of sp³-hybridized carbons (Fsp3) is 0.478. The Kier molecular flexibility index (Phi) is 7.61. The lowest BCUT2D eigenvalue weighted by Crippen LogP contribution is -2.53. The predicted octanol–water partition coefficient (Wildman–Crippen LogP) is 5.11. The van der Waals surface area contributed by atoms with Crippen LogP contribution in [0, 0.1) is 5.92 Å². The van der Waals surface area contributed by atoms with Gasteiger partial charge in [-0.15, -0.1) is 11.3 Å². The first kappa shape index (κ1) is 23.4.